The van der Waals surface area contributed by atoms with Crippen molar-refractivity contribution in [2.75, 3.05) is 6.54 Å². The Morgan fingerprint density at radius 1 is 1.69 bits per heavy atom. The maximum Gasteiger partial charge on any atom is 0.272 e. The van der Waals surface area contributed by atoms with Crippen LogP contribution in [0.25, 0.3) is 0 Å². The Morgan fingerprint density at radius 3 is 3.12 bits per heavy atom. The fraction of sp³-hybridized carbons (Fsp3) is 0.636. The summed E-state index contributed by atoms with van der Waals surface area (Å²) in [5.74, 6) is 0.0134. The molecule has 88 valence electrons. The number of rotatable bonds is 2. The van der Waals surface area contributed by atoms with Gasteiger partial charge < -0.3 is 10.6 Å². The van der Waals surface area contributed by atoms with Crippen LogP contribution in [0, 0.1) is 0 Å². The minimum Gasteiger partial charge on any atom is -0.333 e. The Hall–Kier alpha value is -1.36. The second kappa shape index (κ2) is 4.65. The van der Waals surface area contributed by atoms with Crippen molar-refractivity contribution >= 4 is 5.91 Å². The predicted octanol–water partition coefficient (Wildman–Crippen LogP) is 0.752. The maximum atomic E-state index is 12.2. The van der Waals surface area contributed by atoms with Gasteiger partial charge in [0.1, 0.15) is 5.69 Å². The van der Waals surface area contributed by atoms with E-state index in [4.69, 9.17) is 5.73 Å². The lowest BCUT2D eigenvalue weighted by Gasteiger charge is -2.37. The van der Waals surface area contributed by atoms with Crippen LogP contribution >= 0.6 is 0 Å². The molecule has 1 saturated heterocycles. The smallest absolute Gasteiger partial charge is 0.272 e. The molecule has 2 atom stereocenters. The van der Waals surface area contributed by atoms with Crippen LogP contribution < -0.4 is 5.73 Å². The summed E-state index contributed by atoms with van der Waals surface area (Å²) >= 11 is 0. The van der Waals surface area contributed by atoms with E-state index in [2.05, 4.69) is 10.2 Å². The molecule has 0 spiro atoms. The van der Waals surface area contributed by atoms with Gasteiger partial charge in [-0.2, -0.15) is 5.10 Å². The van der Waals surface area contributed by atoms with Crippen molar-refractivity contribution < 1.29 is 4.79 Å². The summed E-state index contributed by atoms with van der Waals surface area (Å²) in [5, 5.41) is 6.52. The number of aromatic amines is 1. The molecule has 1 aliphatic rings. The van der Waals surface area contributed by atoms with Gasteiger partial charge in [-0.1, -0.05) is 0 Å². The van der Waals surface area contributed by atoms with E-state index in [0.29, 0.717) is 5.69 Å². The monoisotopic (exact) mass is 222 g/mol. The topological polar surface area (TPSA) is 75.0 Å². The molecular formula is C11H18N4O. The van der Waals surface area contributed by atoms with Gasteiger partial charge in [0.25, 0.3) is 5.91 Å². The van der Waals surface area contributed by atoms with Crippen LogP contribution in [-0.4, -0.2) is 39.6 Å². The fourth-order valence-corrected chi connectivity index (χ4v) is 2.29. The van der Waals surface area contributed by atoms with E-state index in [9.17, 15) is 4.79 Å². The standard InChI is InChI=1S/C11H18N4O/c1-8(12)10-4-2-3-7-15(10)11(16)9-5-6-13-14-9/h5-6,8,10H,2-4,7,12H2,1H3,(H,13,14). The Labute approximate surface area is 95.0 Å². The van der Waals surface area contributed by atoms with Crippen molar-refractivity contribution in [1.82, 2.24) is 15.1 Å². The number of hydrogen-bond acceptors (Lipinski definition) is 3. The average molecular weight is 222 g/mol. The first-order chi connectivity index (χ1) is 7.70. The molecule has 0 radical (unpaired) electrons. The van der Waals surface area contributed by atoms with Crippen molar-refractivity contribution in [2.45, 2.75) is 38.3 Å². The molecule has 0 aliphatic carbocycles. The molecule has 0 aromatic carbocycles. The summed E-state index contributed by atoms with van der Waals surface area (Å²) in [5.41, 5.74) is 6.48. The molecule has 0 saturated carbocycles. The summed E-state index contributed by atoms with van der Waals surface area (Å²) in [6.07, 6.45) is 4.80. The van der Waals surface area contributed by atoms with Gasteiger partial charge in [0, 0.05) is 24.8 Å². The van der Waals surface area contributed by atoms with Crippen molar-refractivity contribution in [1.29, 1.82) is 0 Å². The van der Waals surface area contributed by atoms with Gasteiger partial charge in [0.05, 0.1) is 0 Å². The minimum atomic E-state index is 0.0134. The summed E-state index contributed by atoms with van der Waals surface area (Å²) in [7, 11) is 0. The van der Waals surface area contributed by atoms with Gasteiger partial charge in [-0.25, -0.2) is 0 Å². The number of nitrogens with one attached hydrogen (secondary N) is 1. The first-order valence-corrected chi connectivity index (χ1v) is 5.76. The summed E-state index contributed by atoms with van der Waals surface area (Å²) in [6, 6.07) is 1.88. The van der Waals surface area contributed by atoms with E-state index in [1.165, 1.54) is 0 Å². The molecule has 1 aromatic rings. The minimum absolute atomic E-state index is 0.0134. The number of nitrogens with zero attached hydrogens (tertiary/aromatic N) is 2. The number of nitrogens with two attached hydrogens (primary N) is 1. The van der Waals surface area contributed by atoms with Gasteiger partial charge in [0.2, 0.25) is 0 Å². The summed E-state index contributed by atoms with van der Waals surface area (Å²) in [4.78, 5) is 14.1. The SMILES string of the molecule is CC(N)C1CCCCN1C(=O)c1ccn[nH]1. The van der Waals surface area contributed by atoms with E-state index in [1.807, 2.05) is 11.8 Å². The molecule has 1 amide bonds. The molecule has 2 unspecified atom stereocenters. The van der Waals surface area contributed by atoms with Gasteiger partial charge in [-0.3, -0.25) is 9.89 Å². The molecule has 3 N–H and O–H groups in total. The van der Waals surface area contributed by atoms with Crippen LogP contribution in [0.5, 0.6) is 0 Å². The molecule has 1 fully saturated rings. The van der Waals surface area contributed by atoms with Crippen LogP contribution in [-0.2, 0) is 0 Å². The van der Waals surface area contributed by atoms with E-state index >= 15 is 0 Å². The first kappa shape index (κ1) is 11.1. The summed E-state index contributed by atoms with van der Waals surface area (Å²) in [6.45, 7) is 2.76. The molecule has 1 aliphatic heterocycles. The van der Waals surface area contributed by atoms with Crippen molar-refractivity contribution in [3.63, 3.8) is 0 Å². The number of amides is 1. The number of aromatic nitrogens is 2. The van der Waals surface area contributed by atoms with Crippen LogP contribution in [0.1, 0.15) is 36.7 Å². The van der Waals surface area contributed by atoms with Crippen molar-refractivity contribution in [3.05, 3.63) is 18.0 Å². The molecule has 5 heteroatoms. The lowest BCUT2D eigenvalue weighted by atomic mass is 9.96. The van der Waals surface area contributed by atoms with Crippen LogP contribution in [0.4, 0.5) is 0 Å². The molecule has 0 bridgehead atoms. The van der Waals surface area contributed by atoms with E-state index < -0.39 is 0 Å². The summed E-state index contributed by atoms with van der Waals surface area (Å²) < 4.78 is 0. The zero-order valence-corrected chi connectivity index (χ0v) is 9.52. The van der Waals surface area contributed by atoms with Crippen LogP contribution in [0.3, 0.4) is 0 Å². The second-order valence-electron chi connectivity index (χ2n) is 4.39. The molecule has 2 heterocycles. The first-order valence-electron chi connectivity index (χ1n) is 5.76. The van der Waals surface area contributed by atoms with Crippen LogP contribution in [0.2, 0.25) is 0 Å². The fourth-order valence-electron chi connectivity index (χ4n) is 2.29. The highest BCUT2D eigenvalue weighted by atomic mass is 16.2. The number of hydrogen-bond donors (Lipinski definition) is 2. The Kier molecular flexibility index (Phi) is 3.24. The van der Waals surface area contributed by atoms with E-state index in [1.54, 1.807) is 12.3 Å². The van der Waals surface area contributed by atoms with Crippen molar-refractivity contribution in [2.24, 2.45) is 5.73 Å². The quantitative estimate of drug-likeness (QED) is 0.775. The van der Waals surface area contributed by atoms with Crippen molar-refractivity contribution in [3.8, 4) is 0 Å². The molecule has 5 nitrogen and oxygen atoms in total. The maximum absolute atomic E-state index is 12.2. The molecule has 1 aromatic heterocycles. The largest absolute Gasteiger partial charge is 0.333 e. The molecular weight excluding hydrogens is 204 g/mol. The van der Waals surface area contributed by atoms with E-state index in [-0.39, 0.29) is 18.0 Å². The highest BCUT2D eigenvalue weighted by Crippen LogP contribution is 2.20. The predicted molar refractivity (Wildman–Crippen MR) is 60.9 cm³/mol. The molecule has 16 heavy (non-hydrogen) atoms. The third kappa shape index (κ3) is 2.09. The Morgan fingerprint density at radius 2 is 2.50 bits per heavy atom. The third-order valence-corrected chi connectivity index (χ3v) is 3.15. The zero-order chi connectivity index (χ0) is 11.5. The average Bonchev–Trinajstić information content (AvgIpc) is 2.81. The van der Waals surface area contributed by atoms with Gasteiger partial charge in [-0.15, -0.1) is 0 Å². The zero-order valence-electron chi connectivity index (χ0n) is 9.52. The lowest BCUT2D eigenvalue weighted by molar-refractivity contribution is 0.0577. The van der Waals surface area contributed by atoms with Gasteiger partial charge in [0.15, 0.2) is 0 Å². The normalized spacial score (nSPS) is 23.1. The Bertz CT molecular complexity index is 347. The second-order valence-corrected chi connectivity index (χ2v) is 4.39. The third-order valence-electron chi connectivity index (χ3n) is 3.15. The number of piperidine rings is 1. The lowest BCUT2D eigenvalue weighted by Crippen LogP contribution is -2.51. The van der Waals surface area contributed by atoms with E-state index in [0.717, 1.165) is 25.8 Å². The number of carbonyl (C=O) groups is 1. The van der Waals surface area contributed by atoms with Crippen LogP contribution in [0.15, 0.2) is 12.3 Å². The number of H-pyrrole nitrogens is 1. The van der Waals surface area contributed by atoms with Gasteiger partial charge >= 0.3 is 0 Å². The Balaban J connectivity index is 2.14. The number of likely N-dealkylation sites (tertiary alicyclic amines) is 1. The number of carbonyl (C=O) groups excluding carboxylic acids is 1. The highest BCUT2D eigenvalue weighted by Gasteiger charge is 2.30. The van der Waals surface area contributed by atoms with Gasteiger partial charge in [-0.05, 0) is 32.3 Å². The highest BCUT2D eigenvalue weighted by molar-refractivity contribution is 5.92. The molecule has 2 rings (SSSR count).